The summed E-state index contributed by atoms with van der Waals surface area (Å²) in [5, 5.41) is 41.7. The Kier molecular flexibility index (Phi) is 6.21. The SMILES string of the molecule is Cc1cc2ccccc2c(N=Nc2ccc3c(c2)C(=O)c2cc(N=Nc4c(O)c(C(N)=O)cc5ccccc45)ccc2-3)c1O. The summed E-state index contributed by atoms with van der Waals surface area (Å²) in [4.78, 5) is 25.4. The molecule has 212 valence electrons. The van der Waals surface area contributed by atoms with Gasteiger partial charge in [0.1, 0.15) is 17.1 Å². The highest BCUT2D eigenvalue weighted by Gasteiger charge is 2.27. The molecule has 7 rings (SSSR count). The van der Waals surface area contributed by atoms with Gasteiger partial charge in [0.2, 0.25) is 0 Å². The highest BCUT2D eigenvalue weighted by molar-refractivity contribution is 6.22. The van der Waals surface area contributed by atoms with Gasteiger partial charge in [0, 0.05) is 21.9 Å². The van der Waals surface area contributed by atoms with Gasteiger partial charge >= 0.3 is 0 Å². The third kappa shape index (κ3) is 4.35. The first kappa shape index (κ1) is 26.7. The molecular weight excluding hydrogens is 554 g/mol. The number of benzene rings is 6. The molecule has 9 nitrogen and oxygen atoms in total. The molecule has 4 N–H and O–H groups in total. The molecule has 0 aromatic heterocycles. The van der Waals surface area contributed by atoms with Gasteiger partial charge in [0.25, 0.3) is 5.91 Å². The Morgan fingerprint density at radius 2 is 1.11 bits per heavy atom. The van der Waals surface area contributed by atoms with E-state index in [9.17, 15) is 19.8 Å². The normalized spacial score (nSPS) is 12.4. The largest absolute Gasteiger partial charge is 0.505 e. The van der Waals surface area contributed by atoms with Gasteiger partial charge < -0.3 is 15.9 Å². The van der Waals surface area contributed by atoms with Crippen molar-refractivity contribution in [1.29, 1.82) is 0 Å². The van der Waals surface area contributed by atoms with Gasteiger partial charge in [-0.1, -0.05) is 60.7 Å². The van der Waals surface area contributed by atoms with Crippen LogP contribution in [0.4, 0.5) is 22.7 Å². The first-order valence-corrected chi connectivity index (χ1v) is 13.7. The molecule has 0 spiro atoms. The van der Waals surface area contributed by atoms with E-state index in [-0.39, 0.29) is 28.5 Å². The minimum Gasteiger partial charge on any atom is -0.505 e. The quantitative estimate of drug-likeness (QED) is 0.175. The molecule has 0 unspecified atom stereocenters. The predicted molar refractivity (Wildman–Crippen MR) is 168 cm³/mol. The summed E-state index contributed by atoms with van der Waals surface area (Å²) in [6.07, 6.45) is 0. The van der Waals surface area contributed by atoms with Gasteiger partial charge in [0.05, 0.1) is 16.9 Å². The Labute approximate surface area is 250 Å². The number of azo groups is 2. The first-order chi connectivity index (χ1) is 21.3. The van der Waals surface area contributed by atoms with Crippen molar-refractivity contribution in [2.75, 3.05) is 0 Å². The third-order valence-electron chi connectivity index (χ3n) is 7.76. The average Bonchev–Trinajstić information content (AvgIpc) is 3.30. The number of hydrogen-bond acceptors (Lipinski definition) is 8. The van der Waals surface area contributed by atoms with Crippen LogP contribution in [-0.4, -0.2) is 21.9 Å². The number of carbonyl (C=O) groups is 2. The van der Waals surface area contributed by atoms with E-state index in [1.807, 2.05) is 43.3 Å². The lowest BCUT2D eigenvalue weighted by molar-refractivity contribution is 0.0996. The summed E-state index contributed by atoms with van der Waals surface area (Å²) in [6, 6.07) is 28.6. The van der Waals surface area contributed by atoms with E-state index in [1.54, 1.807) is 54.6 Å². The first-order valence-electron chi connectivity index (χ1n) is 13.7. The summed E-state index contributed by atoms with van der Waals surface area (Å²) in [7, 11) is 0. The van der Waals surface area contributed by atoms with Crippen LogP contribution in [0, 0.1) is 6.92 Å². The van der Waals surface area contributed by atoms with Crippen LogP contribution in [0.25, 0.3) is 32.7 Å². The summed E-state index contributed by atoms with van der Waals surface area (Å²) in [5.41, 5.74) is 9.85. The zero-order chi connectivity index (χ0) is 30.5. The second-order valence-corrected chi connectivity index (χ2v) is 10.5. The maximum Gasteiger partial charge on any atom is 0.252 e. The lowest BCUT2D eigenvalue weighted by atomic mass is 10.0. The number of hydrogen-bond donors (Lipinski definition) is 3. The van der Waals surface area contributed by atoms with Crippen LogP contribution in [0.1, 0.15) is 31.8 Å². The second-order valence-electron chi connectivity index (χ2n) is 10.5. The Bertz CT molecular complexity index is 2270. The Balaban J connectivity index is 1.21. The number of aryl methyl sites for hydroxylation is 1. The van der Waals surface area contributed by atoms with E-state index in [2.05, 4.69) is 20.5 Å². The number of primary amides is 1. The Hall–Kier alpha value is -6.22. The summed E-state index contributed by atoms with van der Waals surface area (Å²) < 4.78 is 0. The van der Waals surface area contributed by atoms with Crippen molar-refractivity contribution >= 4 is 56.0 Å². The van der Waals surface area contributed by atoms with Crippen molar-refractivity contribution in [3.05, 3.63) is 119 Å². The van der Waals surface area contributed by atoms with Crippen LogP contribution in [0.5, 0.6) is 11.5 Å². The molecule has 0 aliphatic heterocycles. The minimum absolute atomic E-state index is 0.0569. The van der Waals surface area contributed by atoms with Gasteiger partial charge in [-0.05, 0) is 70.8 Å². The smallest absolute Gasteiger partial charge is 0.252 e. The van der Waals surface area contributed by atoms with Crippen LogP contribution < -0.4 is 5.73 Å². The number of aromatic hydroxyl groups is 2. The number of nitrogens with two attached hydrogens (primary N) is 1. The van der Waals surface area contributed by atoms with Crippen molar-refractivity contribution < 1.29 is 19.8 Å². The summed E-state index contributed by atoms with van der Waals surface area (Å²) >= 11 is 0. The summed E-state index contributed by atoms with van der Waals surface area (Å²) in [5.74, 6) is -1.29. The third-order valence-corrected chi connectivity index (χ3v) is 7.76. The predicted octanol–water partition coefficient (Wildman–Crippen LogP) is 8.85. The molecular formula is C35H23N5O4. The number of phenolic OH excluding ortho intramolecular Hbond substituents is 1. The molecule has 0 bridgehead atoms. The van der Waals surface area contributed by atoms with E-state index in [1.165, 1.54) is 6.07 Å². The standard InChI is InChI=1S/C35H23N5O4/c1-18-14-19-6-2-4-8-23(19)30(32(18)41)39-37-21-10-12-25-26-13-11-22(17-28(26)33(42)27(25)16-21)38-40-31-24-9-5-3-7-20(24)15-29(34(31)43)35(36)44/h2-17,41,43H,1H3,(H2,36,44). The van der Waals surface area contributed by atoms with E-state index in [0.717, 1.165) is 21.9 Å². The van der Waals surface area contributed by atoms with Gasteiger partial charge in [0.15, 0.2) is 11.5 Å². The molecule has 1 aliphatic carbocycles. The molecule has 1 amide bonds. The van der Waals surface area contributed by atoms with Crippen molar-refractivity contribution in [2.24, 2.45) is 26.2 Å². The number of fused-ring (bicyclic) bond motifs is 5. The highest BCUT2D eigenvalue weighted by atomic mass is 16.3. The molecule has 0 heterocycles. The number of amides is 1. The molecule has 0 fully saturated rings. The van der Waals surface area contributed by atoms with Crippen LogP contribution in [0.15, 0.2) is 118 Å². The molecule has 6 aromatic rings. The van der Waals surface area contributed by atoms with E-state index in [0.29, 0.717) is 44.5 Å². The molecule has 44 heavy (non-hydrogen) atoms. The molecule has 0 radical (unpaired) electrons. The zero-order valence-corrected chi connectivity index (χ0v) is 23.3. The van der Waals surface area contributed by atoms with Crippen molar-refractivity contribution in [3.63, 3.8) is 0 Å². The fourth-order valence-electron chi connectivity index (χ4n) is 5.56. The van der Waals surface area contributed by atoms with Crippen LogP contribution in [0.3, 0.4) is 0 Å². The van der Waals surface area contributed by atoms with Gasteiger partial charge in [-0.3, -0.25) is 9.59 Å². The van der Waals surface area contributed by atoms with E-state index in [4.69, 9.17) is 5.73 Å². The maximum atomic E-state index is 13.5. The molecule has 1 aliphatic rings. The fourth-order valence-corrected chi connectivity index (χ4v) is 5.56. The van der Waals surface area contributed by atoms with Gasteiger partial charge in [-0.15, -0.1) is 10.2 Å². The van der Waals surface area contributed by atoms with Gasteiger partial charge in [-0.2, -0.15) is 10.2 Å². The van der Waals surface area contributed by atoms with Crippen molar-refractivity contribution in [1.82, 2.24) is 0 Å². The lowest BCUT2D eigenvalue weighted by Gasteiger charge is -2.08. The van der Waals surface area contributed by atoms with E-state index < -0.39 is 5.91 Å². The van der Waals surface area contributed by atoms with Crippen LogP contribution in [0.2, 0.25) is 0 Å². The van der Waals surface area contributed by atoms with Crippen LogP contribution in [-0.2, 0) is 0 Å². The Morgan fingerprint density at radius 1 is 0.614 bits per heavy atom. The fraction of sp³-hybridized carbons (Fsp3) is 0.0286. The zero-order valence-electron chi connectivity index (χ0n) is 23.3. The number of phenols is 2. The average molecular weight is 578 g/mol. The molecule has 9 heteroatoms. The minimum atomic E-state index is -0.784. The monoisotopic (exact) mass is 577 g/mol. The Morgan fingerprint density at radius 3 is 1.66 bits per heavy atom. The second kappa shape index (κ2) is 10.2. The maximum absolute atomic E-state index is 13.5. The molecule has 6 aromatic carbocycles. The number of nitrogens with zero attached hydrogens (tertiary/aromatic N) is 4. The topological polar surface area (TPSA) is 150 Å². The lowest BCUT2D eigenvalue weighted by Crippen LogP contribution is -2.11. The van der Waals surface area contributed by atoms with Crippen molar-refractivity contribution in [3.8, 4) is 22.6 Å². The number of carbonyl (C=O) groups excluding carboxylic acids is 2. The highest BCUT2D eigenvalue weighted by Crippen LogP contribution is 2.43. The number of ketones is 1. The summed E-state index contributed by atoms with van der Waals surface area (Å²) in [6.45, 7) is 1.81. The molecule has 0 saturated carbocycles. The van der Waals surface area contributed by atoms with E-state index >= 15 is 0 Å². The van der Waals surface area contributed by atoms with Crippen LogP contribution >= 0.6 is 0 Å². The molecule has 0 atom stereocenters. The molecule has 0 saturated heterocycles. The number of rotatable bonds is 5. The van der Waals surface area contributed by atoms with Gasteiger partial charge in [-0.25, -0.2) is 0 Å². The van der Waals surface area contributed by atoms with Crippen molar-refractivity contribution in [2.45, 2.75) is 6.92 Å².